The molecule has 0 aliphatic heterocycles. The average Bonchev–Trinajstić information content (AvgIpc) is 2.92. The van der Waals surface area contributed by atoms with Crippen molar-refractivity contribution in [3.63, 3.8) is 0 Å². The van der Waals surface area contributed by atoms with Crippen LogP contribution in [-0.4, -0.2) is 13.2 Å². The third-order valence-corrected chi connectivity index (χ3v) is 6.77. The van der Waals surface area contributed by atoms with Crippen LogP contribution in [0.25, 0.3) is 0 Å². The van der Waals surface area contributed by atoms with Gasteiger partial charge in [0.2, 0.25) is 0 Å². The lowest BCUT2D eigenvalue weighted by atomic mass is 9.97. The quantitative estimate of drug-likeness (QED) is 0.549. The molecule has 1 saturated carbocycles. The van der Waals surface area contributed by atoms with E-state index in [4.69, 9.17) is 0 Å². The number of allylic oxidation sites excluding steroid dienone is 3. The first-order valence-electron chi connectivity index (χ1n) is 8.58. The maximum Gasteiger partial charge on any atom is 0.0969 e. The second-order valence-electron chi connectivity index (χ2n) is 7.34. The molecule has 1 nitrogen and oxygen atoms in total. The molecule has 1 unspecified atom stereocenters. The zero-order chi connectivity index (χ0) is 16.2. The SMILES string of the molecule is CC/C=C/[C@@H]1CCC/C1=C(\C(O)c1ccccc1)[Si](C)(C)C. The van der Waals surface area contributed by atoms with Crippen LogP contribution in [0.2, 0.25) is 19.6 Å². The third-order valence-electron chi connectivity index (χ3n) is 4.56. The van der Waals surface area contributed by atoms with Crippen LogP contribution in [0.5, 0.6) is 0 Å². The molecule has 1 fully saturated rings. The molecular weight excluding hydrogens is 284 g/mol. The summed E-state index contributed by atoms with van der Waals surface area (Å²) >= 11 is 0. The van der Waals surface area contributed by atoms with E-state index in [-0.39, 0.29) is 0 Å². The molecule has 1 aromatic carbocycles. The fourth-order valence-corrected chi connectivity index (χ4v) is 5.85. The highest BCUT2D eigenvalue weighted by atomic mass is 28.3. The van der Waals surface area contributed by atoms with E-state index >= 15 is 0 Å². The highest BCUT2D eigenvalue weighted by molar-refractivity contribution is 6.83. The van der Waals surface area contributed by atoms with Crippen molar-refractivity contribution in [2.24, 2.45) is 5.92 Å². The van der Waals surface area contributed by atoms with Crippen molar-refractivity contribution < 1.29 is 5.11 Å². The topological polar surface area (TPSA) is 20.2 Å². The van der Waals surface area contributed by atoms with Gasteiger partial charge >= 0.3 is 0 Å². The lowest BCUT2D eigenvalue weighted by Crippen LogP contribution is -2.30. The third kappa shape index (κ3) is 3.99. The highest BCUT2D eigenvalue weighted by Gasteiger charge is 2.33. The molecule has 1 aliphatic rings. The Labute approximate surface area is 136 Å². The zero-order valence-corrected chi connectivity index (χ0v) is 15.5. The van der Waals surface area contributed by atoms with E-state index in [9.17, 15) is 5.11 Å². The van der Waals surface area contributed by atoms with Crippen LogP contribution in [0.15, 0.2) is 53.3 Å². The Morgan fingerprint density at radius 2 is 1.95 bits per heavy atom. The molecule has 0 aromatic heterocycles. The first kappa shape index (κ1) is 17.2. The Kier molecular flexibility index (Phi) is 5.82. The van der Waals surface area contributed by atoms with Crippen LogP contribution in [-0.2, 0) is 0 Å². The number of rotatable bonds is 5. The molecule has 2 rings (SSSR count). The largest absolute Gasteiger partial charge is 0.384 e. The molecule has 2 heteroatoms. The van der Waals surface area contributed by atoms with Gasteiger partial charge in [-0.05, 0) is 42.4 Å². The number of benzene rings is 1. The predicted octanol–water partition coefficient (Wildman–Crippen LogP) is 5.66. The molecule has 0 spiro atoms. The van der Waals surface area contributed by atoms with Gasteiger partial charge in [0.1, 0.15) is 0 Å². The number of hydrogen-bond donors (Lipinski definition) is 1. The fraction of sp³-hybridized carbons (Fsp3) is 0.500. The van der Waals surface area contributed by atoms with E-state index in [2.05, 4.69) is 50.8 Å². The van der Waals surface area contributed by atoms with Gasteiger partial charge in [0.05, 0.1) is 14.2 Å². The smallest absolute Gasteiger partial charge is 0.0969 e. The molecule has 1 aliphatic carbocycles. The minimum atomic E-state index is -1.58. The van der Waals surface area contributed by atoms with Gasteiger partial charge in [-0.25, -0.2) is 0 Å². The molecule has 2 atom stereocenters. The molecule has 1 N–H and O–H groups in total. The molecule has 0 amide bonds. The van der Waals surface area contributed by atoms with E-state index in [0.717, 1.165) is 18.4 Å². The number of aliphatic hydroxyl groups excluding tert-OH is 1. The Balaban J connectivity index is 2.46. The highest BCUT2D eigenvalue weighted by Crippen LogP contribution is 2.42. The lowest BCUT2D eigenvalue weighted by molar-refractivity contribution is 0.220. The molecule has 0 bridgehead atoms. The van der Waals surface area contributed by atoms with Gasteiger partial charge < -0.3 is 5.11 Å². The van der Waals surface area contributed by atoms with Crippen molar-refractivity contribution in [1.82, 2.24) is 0 Å². The van der Waals surface area contributed by atoms with Crippen LogP contribution in [0.1, 0.15) is 44.3 Å². The lowest BCUT2D eigenvalue weighted by Gasteiger charge is -2.30. The Bertz CT molecular complexity index is 537. The van der Waals surface area contributed by atoms with Crippen LogP contribution >= 0.6 is 0 Å². The van der Waals surface area contributed by atoms with Crippen molar-refractivity contribution in [1.29, 1.82) is 0 Å². The number of hydrogen-bond acceptors (Lipinski definition) is 1. The van der Waals surface area contributed by atoms with Crippen LogP contribution < -0.4 is 0 Å². The molecule has 1 aromatic rings. The maximum atomic E-state index is 11.1. The summed E-state index contributed by atoms with van der Waals surface area (Å²) in [6, 6.07) is 10.2. The first-order valence-corrected chi connectivity index (χ1v) is 12.1. The summed E-state index contributed by atoms with van der Waals surface area (Å²) in [5.74, 6) is 0.542. The van der Waals surface area contributed by atoms with E-state index < -0.39 is 14.2 Å². The molecule has 0 heterocycles. The van der Waals surface area contributed by atoms with E-state index in [1.165, 1.54) is 23.6 Å². The normalized spacial score (nSPS) is 23.0. The average molecular weight is 315 g/mol. The molecule has 22 heavy (non-hydrogen) atoms. The monoisotopic (exact) mass is 314 g/mol. The summed E-state index contributed by atoms with van der Waals surface area (Å²) in [7, 11) is -1.58. The van der Waals surface area contributed by atoms with E-state index in [0.29, 0.717) is 5.92 Å². The van der Waals surface area contributed by atoms with Gasteiger partial charge in [0.25, 0.3) is 0 Å². The summed E-state index contributed by atoms with van der Waals surface area (Å²) in [5.41, 5.74) is 2.57. The summed E-state index contributed by atoms with van der Waals surface area (Å²) in [6.07, 6.45) is 8.96. The van der Waals surface area contributed by atoms with Crippen molar-refractivity contribution >= 4 is 8.07 Å². The van der Waals surface area contributed by atoms with E-state index in [1.54, 1.807) is 0 Å². The Morgan fingerprint density at radius 3 is 2.55 bits per heavy atom. The van der Waals surface area contributed by atoms with Gasteiger partial charge in [0, 0.05) is 0 Å². The van der Waals surface area contributed by atoms with Crippen LogP contribution in [0, 0.1) is 5.92 Å². The Hall–Kier alpha value is -1.12. The van der Waals surface area contributed by atoms with Crippen LogP contribution in [0.4, 0.5) is 0 Å². The van der Waals surface area contributed by atoms with Gasteiger partial charge in [-0.3, -0.25) is 0 Å². The minimum Gasteiger partial charge on any atom is -0.384 e. The van der Waals surface area contributed by atoms with Gasteiger partial charge in [-0.1, -0.05) is 74.6 Å². The van der Waals surface area contributed by atoms with Crippen molar-refractivity contribution in [2.45, 2.75) is 58.4 Å². The summed E-state index contributed by atoms with van der Waals surface area (Å²) in [5, 5.41) is 12.4. The predicted molar refractivity (Wildman–Crippen MR) is 98.5 cm³/mol. The Morgan fingerprint density at radius 1 is 1.27 bits per heavy atom. The second-order valence-corrected chi connectivity index (χ2v) is 12.4. The standard InChI is InChI=1S/C20H30OSi/c1-5-6-11-16-14-10-15-18(16)20(22(2,3)4)19(21)17-12-8-7-9-13-17/h6-9,11-13,16,19,21H,5,10,14-15H2,1-4H3/b11-6+,20-18-/t16-,19?/m1/s1. The van der Waals surface area contributed by atoms with E-state index in [1.807, 2.05) is 18.2 Å². The van der Waals surface area contributed by atoms with Crippen LogP contribution in [0.3, 0.4) is 0 Å². The molecule has 120 valence electrons. The molecule has 0 saturated heterocycles. The maximum absolute atomic E-state index is 11.1. The van der Waals surface area contributed by atoms with Crippen molar-refractivity contribution in [3.05, 3.63) is 58.8 Å². The molecular formula is C20H30OSi. The summed E-state index contributed by atoms with van der Waals surface area (Å²) < 4.78 is 0. The minimum absolute atomic E-state index is 0.432. The second kappa shape index (κ2) is 7.43. The first-order chi connectivity index (χ1) is 10.4. The fourth-order valence-electron chi connectivity index (χ4n) is 3.59. The van der Waals surface area contributed by atoms with Gasteiger partial charge in [0.15, 0.2) is 0 Å². The summed E-state index contributed by atoms with van der Waals surface area (Å²) in [4.78, 5) is 0. The van der Waals surface area contributed by atoms with Crippen molar-refractivity contribution in [2.75, 3.05) is 0 Å². The summed E-state index contributed by atoms with van der Waals surface area (Å²) in [6.45, 7) is 9.27. The van der Waals surface area contributed by atoms with Gasteiger partial charge in [-0.15, -0.1) is 0 Å². The molecule has 0 radical (unpaired) electrons. The number of aliphatic hydroxyl groups is 1. The van der Waals surface area contributed by atoms with Gasteiger partial charge in [-0.2, -0.15) is 0 Å². The van der Waals surface area contributed by atoms with Crippen molar-refractivity contribution in [3.8, 4) is 0 Å². The zero-order valence-electron chi connectivity index (χ0n) is 14.5.